The Morgan fingerprint density at radius 1 is 1.56 bits per heavy atom. The molecule has 1 aromatic heterocycles. The van der Waals surface area contributed by atoms with E-state index in [2.05, 4.69) is 25.8 Å². The third-order valence-corrected chi connectivity index (χ3v) is 2.86. The molecule has 0 radical (unpaired) electrons. The number of aromatic nitrogens is 2. The molecule has 1 atom stereocenters. The van der Waals surface area contributed by atoms with E-state index >= 15 is 0 Å². The molecule has 8 heteroatoms. The summed E-state index contributed by atoms with van der Waals surface area (Å²) in [5.41, 5.74) is 0.549. The Labute approximate surface area is 111 Å². The van der Waals surface area contributed by atoms with Gasteiger partial charge in [-0.05, 0) is 22.9 Å². The van der Waals surface area contributed by atoms with Gasteiger partial charge >= 0.3 is 6.18 Å². The van der Waals surface area contributed by atoms with Crippen LogP contribution in [0.15, 0.2) is 10.7 Å². The van der Waals surface area contributed by atoms with E-state index in [0.717, 1.165) is 0 Å². The maximum Gasteiger partial charge on any atom is 0.411 e. The molecule has 1 N–H and O–H groups in total. The van der Waals surface area contributed by atoms with Gasteiger partial charge in [0.1, 0.15) is 6.61 Å². The Balaban J connectivity index is 2.45. The maximum atomic E-state index is 11.8. The highest BCUT2D eigenvalue weighted by Crippen LogP contribution is 2.25. The smallest absolute Gasteiger partial charge is 0.387 e. The van der Waals surface area contributed by atoms with E-state index in [1.165, 1.54) is 0 Å². The molecule has 0 saturated carbocycles. The van der Waals surface area contributed by atoms with Gasteiger partial charge in [0.2, 0.25) is 0 Å². The van der Waals surface area contributed by atoms with Gasteiger partial charge in [-0.15, -0.1) is 0 Å². The van der Waals surface area contributed by atoms with Crippen LogP contribution in [0.4, 0.5) is 13.2 Å². The number of hydrogen-bond acceptors (Lipinski definition) is 3. The van der Waals surface area contributed by atoms with Crippen LogP contribution in [0.25, 0.3) is 0 Å². The quantitative estimate of drug-likeness (QED) is 0.816. The fraction of sp³-hybridized carbons (Fsp3) is 0.700. The minimum Gasteiger partial charge on any atom is -0.387 e. The topological polar surface area (TPSA) is 47.3 Å². The van der Waals surface area contributed by atoms with Crippen LogP contribution < -0.4 is 0 Å². The number of aliphatic hydroxyl groups excluding tert-OH is 1. The molecule has 0 aliphatic heterocycles. The molecule has 1 aromatic rings. The third kappa shape index (κ3) is 4.58. The van der Waals surface area contributed by atoms with Gasteiger partial charge in [0, 0.05) is 19.6 Å². The van der Waals surface area contributed by atoms with Crippen LogP contribution in [0.3, 0.4) is 0 Å². The number of alkyl halides is 3. The second-order valence-electron chi connectivity index (χ2n) is 3.67. The number of halogens is 4. The van der Waals surface area contributed by atoms with Gasteiger partial charge < -0.3 is 9.84 Å². The van der Waals surface area contributed by atoms with E-state index in [9.17, 15) is 18.3 Å². The molecule has 0 aromatic carbocycles. The summed E-state index contributed by atoms with van der Waals surface area (Å²) < 4.78 is 42.1. The van der Waals surface area contributed by atoms with E-state index < -0.39 is 18.9 Å². The summed E-state index contributed by atoms with van der Waals surface area (Å²) in [6.07, 6.45) is -3.62. The van der Waals surface area contributed by atoms with Gasteiger partial charge in [0.15, 0.2) is 0 Å². The van der Waals surface area contributed by atoms with Crippen LogP contribution in [0.2, 0.25) is 0 Å². The van der Waals surface area contributed by atoms with Crippen LogP contribution in [0, 0.1) is 0 Å². The lowest BCUT2D eigenvalue weighted by molar-refractivity contribution is -0.175. The van der Waals surface area contributed by atoms with E-state index in [1.54, 1.807) is 10.9 Å². The second-order valence-corrected chi connectivity index (χ2v) is 4.52. The van der Waals surface area contributed by atoms with Crippen molar-refractivity contribution in [3.05, 3.63) is 16.4 Å². The van der Waals surface area contributed by atoms with Crippen LogP contribution >= 0.6 is 15.9 Å². The van der Waals surface area contributed by atoms with Gasteiger partial charge in [-0.2, -0.15) is 18.3 Å². The number of aliphatic hydroxyl groups is 1. The molecule has 0 fully saturated rings. The highest BCUT2D eigenvalue weighted by atomic mass is 79.9. The fourth-order valence-electron chi connectivity index (χ4n) is 1.47. The number of nitrogens with zero attached hydrogens (tertiary/aromatic N) is 2. The summed E-state index contributed by atoms with van der Waals surface area (Å²) in [6.45, 7) is 0.965. The lowest BCUT2D eigenvalue weighted by atomic mass is 10.2. The number of rotatable bonds is 6. The summed E-state index contributed by atoms with van der Waals surface area (Å²) >= 11 is 3.24. The van der Waals surface area contributed by atoms with Crippen LogP contribution in [-0.4, -0.2) is 34.3 Å². The molecule has 4 nitrogen and oxygen atoms in total. The van der Waals surface area contributed by atoms with E-state index in [-0.39, 0.29) is 13.0 Å². The Morgan fingerprint density at radius 3 is 2.78 bits per heavy atom. The molecule has 104 valence electrons. The third-order valence-electron chi connectivity index (χ3n) is 2.25. The number of ether oxygens (including phenoxy) is 1. The summed E-state index contributed by atoms with van der Waals surface area (Å²) in [5.74, 6) is 0. The SMILES string of the molecule is CCn1ncc(Br)c1C(O)CCOCC(F)(F)F. The standard InChI is InChI=1S/C10H14BrF3N2O2/c1-2-16-9(7(11)5-15-16)8(17)3-4-18-6-10(12,13)14/h5,8,17H,2-4,6H2,1H3. The molecular weight excluding hydrogens is 317 g/mol. The summed E-state index contributed by atoms with van der Waals surface area (Å²) in [7, 11) is 0. The second kappa shape index (κ2) is 6.53. The van der Waals surface area contributed by atoms with E-state index in [0.29, 0.717) is 16.7 Å². The van der Waals surface area contributed by atoms with E-state index in [1.807, 2.05) is 6.92 Å². The van der Waals surface area contributed by atoms with Crippen molar-refractivity contribution in [2.75, 3.05) is 13.2 Å². The highest BCUT2D eigenvalue weighted by Gasteiger charge is 2.27. The van der Waals surface area contributed by atoms with Crippen molar-refractivity contribution >= 4 is 15.9 Å². The Hall–Kier alpha value is -0.600. The van der Waals surface area contributed by atoms with E-state index in [4.69, 9.17) is 0 Å². The lowest BCUT2D eigenvalue weighted by Gasteiger charge is -2.14. The Bertz CT molecular complexity index is 382. The lowest BCUT2D eigenvalue weighted by Crippen LogP contribution is -2.18. The maximum absolute atomic E-state index is 11.8. The Morgan fingerprint density at radius 2 is 2.22 bits per heavy atom. The van der Waals surface area contributed by atoms with Crippen molar-refractivity contribution in [2.45, 2.75) is 32.2 Å². The number of hydrogen-bond donors (Lipinski definition) is 1. The number of aryl methyl sites for hydroxylation is 1. The minimum atomic E-state index is -4.34. The van der Waals surface area contributed by atoms with Crippen LogP contribution in [0.1, 0.15) is 25.1 Å². The summed E-state index contributed by atoms with van der Waals surface area (Å²) in [6, 6.07) is 0. The highest BCUT2D eigenvalue weighted by molar-refractivity contribution is 9.10. The first kappa shape index (κ1) is 15.5. The monoisotopic (exact) mass is 330 g/mol. The molecule has 18 heavy (non-hydrogen) atoms. The average Bonchev–Trinajstić information content (AvgIpc) is 2.64. The molecule has 0 aliphatic carbocycles. The molecule has 0 bridgehead atoms. The van der Waals surface area contributed by atoms with Gasteiger partial charge in [0.05, 0.1) is 22.5 Å². The first-order valence-electron chi connectivity index (χ1n) is 5.39. The molecule has 0 aliphatic rings. The first-order valence-corrected chi connectivity index (χ1v) is 6.18. The van der Waals surface area contributed by atoms with Gasteiger partial charge in [-0.1, -0.05) is 0 Å². The van der Waals surface area contributed by atoms with Crippen molar-refractivity contribution in [1.29, 1.82) is 0 Å². The molecule has 1 rings (SSSR count). The van der Waals surface area contributed by atoms with Gasteiger partial charge in [0.25, 0.3) is 0 Å². The van der Waals surface area contributed by atoms with Crippen LogP contribution in [-0.2, 0) is 11.3 Å². The fourth-order valence-corrected chi connectivity index (χ4v) is 2.04. The predicted octanol–water partition coefficient (Wildman–Crippen LogP) is 2.67. The Kier molecular flexibility index (Phi) is 5.61. The zero-order valence-corrected chi connectivity index (χ0v) is 11.3. The van der Waals surface area contributed by atoms with Crippen molar-refractivity contribution in [3.8, 4) is 0 Å². The van der Waals surface area contributed by atoms with Crippen molar-refractivity contribution in [3.63, 3.8) is 0 Å². The van der Waals surface area contributed by atoms with Crippen LogP contribution in [0.5, 0.6) is 0 Å². The molecule has 1 heterocycles. The van der Waals surface area contributed by atoms with Gasteiger partial charge in [-0.3, -0.25) is 4.68 Å². The zero-order chi connectivity index (χ0) is 13.8. The van der Waals surface area contributed by atoms with Crippen molar-refractivity contribution in [1.82, 2.24) is 9.78 Å². The molecule has 0 spiro atoms. The summed E-state index contributed by atoms with van der Waals surface area (Å²) in [5, 5.41) is 13.9. The summed E-state index contributed by atoms with van der Waals surface area (Å²) in [4.78, 5) is 0. The predicted molar refractivity (Wildman–Crippen MR) is 62.1 cm³/mol. The average molecular weight is 331 g/mol. The first-order chi connectivity index (χ1) is 8.35. The normalized spacial score (nSPS) is 13.9. The zero-order valence-electron chi connectivity index (χ0n) is 9.74. The van der Waals surface area contributed by atoms with Gasteiger partial charge in [-0.25, -0.2) is 0 Å². The molecule has 0 saturated heterocycles. The molecular formula is C10H14BrF3N2O2. The van der Waals surface area contributed by atoms with Crippen molar-refractivity contribution in [2.24, 2.45) is 0 Å². The minimum absolute atomic E-state index is 0.0837. The van der Waals surface area contributed by atoms with Crippen molar-refractivity contribution < 1.29 is 23.0 Å². The molecule has 0 amide bonds. The molecule has 1 unspecified atom stereocenters. The largest absolute Gasteiger partial charge is 0.411 e.